The minimum atomic E-state index is -1.24. The summed E-state index contributed by atoms with van der Waals surface area (Å²) in [4.78, 5) is 58.4. The molecule has 0 aliphatic rings. The molecule has 46 heavy (non-hydrogen) atoms. The van der Waals surface area contributed by atoms with E-state index in [9.17, 15) is 29.4 Å². The summed E-state index contributed by atoms with van der Waals surface area (Å²) in [6.07, 6.45) is 3.87. The molecule has 0 bridgehead atoms. The van der Waals surface area contributed by atoms with Crippen molar-refractivity contribution in [2.45, 2.75) is 50.4 Å². The van der Waals surface area contributed by atoms with Crippen molar-refractivity contribution in [1.29, 1.82) is 0 Å². The van der Waals surface area contributed by atoms with Crippen LogP contribution >= 0.6 is 0 Å². The first-order valence-electron chi connectivity index (χ1n) is 14.9. The number of aromatic hydroxyl groups is 1. The van der Waals surface area contributed by atoms with Gasteiger partial charge in [0, 0.05) is 47.0 Å². The zero-order valence-corrected chi connectivity index (χ0v) is 25.1. The van der Waals surface area contributed by atoms with Crippen molar-refractivity contribution in [2.75, 3.05) is 0 Å². The maximum atomic E-state index is 13.9. The normalized spacial score (nSPS) is 13.9. The maximum Gasteiger partial charge on any atom is 0.325 e. The molecule has 0 saturated carbocycles. The Morgan fingerprint density at radius 3 is 1.78 bits per heavy atom. The second-order valence-electron chi connectivity index (χ2n) is 11.3. The minimum absolute atomic E-state index is 0.00196. The molecule has 3 aromatic carbocycles. The summed E-state index contributed by atoms with van der Waals surface area (Å²) in [6.45, 7) is 1.31. The molecule has 0 saturated heterocycles. The number of amides is 3. The number of carbonyl (C=O) groups is 4. The molecule has 0 aliphatic carbocycles. The van der Waals surface area contributed by atoms with Crippen molar-refractivity contribution in [1.82, 2.24) is 25.9 Å². The largest absolute Gasteiger partial charge is 0.508 e. The number of aromatic nitrogens is 2. The number of para-hydroxylation sites is 2. The molecular weight excluding hydrogens is 588 g/mol. The first kappa shape index (κ1) is 31.8. The number of benzene rings is 3. The van der Waals surface area contributed by atoms with Crippen LogP contribution in [0.25, 0.3) is 21.8 Å². The number of H-pyrrole nitrogens is 2. The standard InChI is InChI=1S/C34H36N6O6/c1-19(34(45)46)38-32(43)29(14-20-10-12-23(41)13-11-20)40-33(44)30(16-22-18-37-28-9-5-3-7-25(22)28)39-31(42)26(35)15-21-17-36-27-8-4-2-6-24(21)27/h2-13,17-19,26,29-30,36-37,41H,14-16,35H2,1H3,(H,38,43)(H,39,42)(H,40,44)(H,45,46). The number of aliphatic carboxylic acids is 1. The van der Waals surface area contributed by atoms with Crippen LogP contribution in [0.1, 0.15) is 23.6 Å². The third kappa shape index (κ3) is 7.53. The molecule has 5 rings (SSSR count). The lowest BCUT2D eigenvalue weighted by Crippen LogP contribution is -2.58. The van der Waals surface area contributed by atoms with Gasteiger partial charge in [0.15, 0.2) is 0 Å². The van der Waals surface area contributed by atoms with Crippen molar-refractivity contribution in [3.63, 3.8) is 0 Å². The maximum absolute atomic E-state index is 13.9. The van der Waals surface area contributed by atoms with Gasteiger partial charge in [0.05, 0.1) is 6.04 Å². The number of phenolic OH excluding ortho intramolecular Hbond substituents is 1. The summed E-state index contributed by atoms with van der Waals surface area (Å²) in [5, 5.41) is 28.8. The highest BCUT2D eigenvalue weighted by molar-refractivity contribution is 5.95. The van der Waals surface area contributed by atoms with Gasteiger partial charge in [0.1, 0.15) is 23.9 Å². The first-order chi connectivity index (χ1) is 22.1. The number of nitrogens with one attached hydrogen (secondary N) is 5. The van der Waals surface area contributed by atoms with Gasteiger partial charge < -0.3 is 41.9 Å². The van der Waals surface area contributed by atoms with Gasteiger partial charge in [0.2, 0.25) is 17.7 Å². The average molecular weight is 625 g/mol. The number of carbonyl (C=O) groups excluding carboxylic acids is 3. The Hall–Kier alpha value is -5.62. The number of carboxylic acids is 1. The predicted octanol–water partition coefficient (Wildman–Crippen LogP) is 2.27. The van der Waals surface area contributed by atoms with E-state index in [1.54, 1.807) is 24.5 Å². The molecule has 5 aromatic rings. The van der Waals surface area contributed by atoms with Gasteiger partial charge in [-0.05, 0) is 54.3 Å². The number of hydrogen-bond acceptors (Lipinski definition) is 6. The molecule has 4 unspecified atom stereocenters. The molecule has 2 heterocycles. The van der Waals surface area contributed by atoms with E-state index in [4.69, 9.17) is 5.73 Å². The Bertz CT molecular complexity index is 1860. The van der Waals surface area contributed by atoms with Crippen molar-refractivity contribution >= 4 is 45.5 Å². The van der Waals surface area contributed by atoms with E-state index >= 15 is 0 Å². The number of hydrogen-bond donors (Lipinski definition) is 8. The fraction of sp³-hybridized carbons (Fsp3) is 0.235. The SMILES string of the molecule is CC(NC(=O)C(Cc1ccc(O)cc1)NC(=O)C(Cc1c[nH]c2ccccc12)NC(=O)C(N)Cc1c[nH]c2ccccc12)C(=O)O. The number of rotatable bonds is 13. The molecule has 9 N–H and O–H groups in total. The quantitative estimate of drug-likeness (QED) is 0.0981. The second kappa shape index (κ2) is 14.0. The molecule has 0 fully saturated rings. The molecule has 0 aliphatic heterocycles. The van der Waals surface area contributed by atoms with Crippen molar-refractivity contribution in [3.05, 3.63) is 102 Å². The highest BCUT2D eigenvalue weighted by atomic mass is 16.4. The highest BCUT2D eigenvalue weighted by Gasteiger charge is 2.30. The van der Waals surface area contributed by atoms with E-state index in [2.05, 4.69) is 25.9 Å². The summed E-state index contributed by atoms with van der Waals surface area (Å²) in [5.74, 6) is -3.14. The molecule has 4 atom stereocenters. The molecule has 0 spiro atoms. The van der Waals surface area contributed by atoms with Gasteiger partial charge in [-0.15, -0.1) is 0 Å². The molecule has 2 aromatic heterocycles. The predicted molar refractivity (Wildman–Crippen MR) is 173 cm³/mol. The highest BCUT2D eigenvalue weighted by Crippen LogP contribution is 2.21. The van der Waals surface area contributed by atoms with Crippen molar-refractivity contribution < 1.29 is 29.4 Å². The Balaban J connectivity index is 1.39. The van der Waals surface area contributed by atoms with Crippen LogP contribution in [0.2, 0.25) is 0 Å². The average Bonchev–Trinajstić information content (AvgIpc) is 3.65. The Morgan fingerprint density at radius 2 is 1.20 bits per heavy atom. The second-order valence-corrected chi connectivity index (χ2v) is 11.3. The Morgan fingerprint density at radius 1 is 0.696 bits per heavy atom. The van der Waals surface area contributed by atoms with E-state index < -0.39 is 47.9 Å². The zero-order chi connectivity index (χ0) is 32.8. The van der Waals surface area contributed by atoms with E-state index in [0.29, 0.717) is 5.56 Å². The molecule has 12 nitrogen and oxygen atoms in total. The summed E-state index contributed by atoms with van der Waals surface area (Å²) in [5.41, 5.74) is 10.4. The van der Waals surface area contributed by atoms with E-state index in [1.807, 2.05) is 48.5 Å². The number of aromatic amines is 2. The summed E-state index contributed by atoms with van der Waals surface area (Å²) >= 11 is 0. The van der Waals surface area contributed by atoms with Gasteiger partial charge in [-0.3, -0.25) is 19.2 Å². The van der Waals surface area contributed by atoms with Gasteiger partial charge in [-0.25, -0.2) is 0 Å². The number of nitrogens with two attached hydrogens (primary N) is 1. The van der Waals surface area contributed by atoms with Crippen LogP contribution in [0.3, 0.4) is 0 Å². The fourth-order valence-corrected chi connectivity index (χ4v) is 5.36. The van der Waals surface area contributed by atoms with E-state index in [-0.39, 0.29) is 25.0 Å². The lowest BCUT2D eigenvalue weighted by molar-refractivity contribution is -0.141. The van der Waals surface area contributed by atoms with Crippen LogP contribution in [0.5, 0.6) is 5.75 Å². The van der Waals surface area contributed by atoms with Crippen LogP contribution in [-0.2, 0) is 38.4 Å². The monoisotopic (exact) mass is 624 g/mol. The third-order valence-electron chi connectivity index (χ3n) is 7.92. The van der Waals surface area contributed by atoms with Crippen LogP contribution in [-0.4, -0.2) is 68.0 Å². The van der Waals surface area contributed by atoms with Crippen LogP contribution < -0.4 is 21.7 Å². The van der Waals surface area contributed by atoms with Crippen LogP contribution in [0, 0.1) is 0 Å². The number of carboxylic acid groups (broad SMARTS) is 1. The Labute approximate surface area is 264 Å². The van der Waals surface area contributed by atoms with Crippen molar-refractivity contribution in [3.8, 4) is 5.75 Å². The molecule has 0 radical (unpaired) electrons. The number of phenols is 1. The van der Waals surface area contributed by atoms with Crippen LogP contribution in [0.4, 0.5) is 0 Å². The summed E-state index contributed by atoms with van der Waals surface area (Å²) in [6, 6.07) is 16.8. The zero-order valence-electron chi connectivity index (χ0n) is 25.1. The van der Waals surface area contributed by atoms with E-state index in [1.165, 1.54) is 19.1 Å². The van der Waals surface area contributed by atoms with Gasteiger partial charge in [0.25, 0.3) is 0 Å². The molecule has 3 amide bonds. The van der Waals surface area contributed by atoms with Crippen molar-refractivity contribution in [2.24, 2.45) is 5.73 Å². The number of fused-ring (bicyclic) bond motifs is 2. The smallest absolute Gasteiger partial charge is 0.325 e. The Kier molecular flexibility index (Phi) is 9.67. The topological polar surface area (TPSA) is 202 Å². The third-order valence-corrected chi connectivity index (χ3v) is 7.92. The first-order valence-corrected chi connectivity index (χ1v) is 14.9. The fourth-order valence-electron chi connectivity index (χ4n) is 5.36. The molecule has 12 heteroatoms. The van der Waals surface area contributed by atoms with Gasteiger partial charge in [-0.2, -0.15) is 0 Å². The van der Waals surface area contributed by atoms with Gasteiger partial charge in [-0.1, -0.05) is 48.5 Å². The van der Waals surface area contributed by atoms with Gasteiger partial charge >= 0.3 is 5.97 Å². The summed E-state index contributed by atoms with van der Waals surface area (Å²) in [7, 11) is 0. The molecular formula is C34H36N6O6. The minimum Gasteiger partial charge on any atom is -0.508 e. The molecule has 238 valence electrons. The van der Waals surface area contributed by atoms with E-state index in [0.717, 1.165) is 32.9 Å². The lowest BCUT2D eigenvalue weighted by atomic mass is 10.0. The lowest BCUT2D eigenvalue weighted by Gasteiger charge is -2.25. The summed E-state index contributed by atoms with van der Waals surface area (Å²) < 4.78 is 0. The van der Waals surface area contributed by atoms with Crippen LogP contribution in [0.15, 0.2) is 85.2 Å².